The number of hydrogen-bond acceptors (Lipinski definition) is 0. The molecule has 0 spiro atoms. The highest BCUT2D eigenvalue weighted by Crippen LogP contribution is 2.39. The van der Waals surface area contributed by atoms with Gasteiger partial charge in [-0.05, 0) is 37.0 Å². The van der Waals surface area contributed by atoms with Crippen LogP contribution in [0.4, 0.5) is 0 Å². The smallest absolute Gasteiger partial charge is 0.0492 e. The minimum Gasteiger partial charge on any atom is -0.0804 e. The maximum absolute atomic E-state index is 3.87. The van der Waals surface area contributed by atoms with Crippen molar-refractivity contribution >= 4 is 31.9 Å². The van der Waals surface area contributed by atoms with E-state index in [9.17, 15) is 0 Å². The molecule has 0 N–H and O–H groups in total. The molecular formula is C16H16Br2. The third-order valence-electron chi connectivity index (χ3n) is 3.16. The number of halogens is 2. The summed E-state index contributed by atoms with van der Waals surface area (Å²) in [6, 6.07) is 19.0. The molecule has 0 fully saturated rings. The standard InChI is InChI=1S/C16H16Br2/c1-16(18,14-9-5-6-10-15(14)17)12-11-13-7-3-2-4-8-13/h2-10H,11-12H2,1H3. The zero-order valence-electron chi connectivity index (χ0n) is 10.4. The van der Waals surface area contributed by atoms with Gasteiger partial charge in [-0.1, -0.05) is 80.4 Å². The Kier molecular flexibility index (Phi) is 4.63. The molecule has 0 nitrogen and oxygen atoms in total. The Labute approximate surface area is 126 Å². The molecule has 0 aliphatic rings. The van der Waals surface area contributed by atoms with Gasteiger partial charge in [0, 0.05) is 8.80 Å². The normalized spacial score (nSPS) is 14.2. The number of alkyl halides is 1. The molecule has 0 heterocycles. The van der Waals surface area contributed by atoms with Crippen molar-refractivity contribution in [1.82, 2.24) is 0 Å². The summed E-state index contributed by atoms with van der Waals surface area (Å²) in [4.78, 5) is 0. The van der Waals surface area contributed by atoms with Crippen LogP contribution in [0.1, 0.15) is 24.5 Å². The molecule has 0 aromatic heterocycles. The van der Waals surface area contributed by atoms with Crippen LogP contribution < -0.4 is 0 Å². The molecule has 2 aromatic rings. The van der Waals surface area contributed by atoms with E-state index >= 15 is 0 Å². The summed E-state index contributed by atoms with van der Waals surface area (Å²) in [5.74, 6) is 0. The van der Waals surface area contributed by atoms with E-state index < -0.39 is 0 Å². The van der Waals surface area contributed by atoms with Gasteiger partial charge in [0.25, 0.3) is 0 Å². The Balaban J connectivity index is 2.11. The van der Waals surface area contributed by atoms with Crippen LogP contribution in [0.3, 0.4) is 0 Å². The molecule has 2 heteroatoms. The van der Waals surface area contributed by atoms with Gasteiger partial charge in [0.1, 0.15) is 0 Å². The van der Waals surface area contributed by atoms with Gasteiger partial charge < -0.3 is 0 Å². The summed E-state index contributed by atoms with van der Waals surface area (Å²) in [5, 5.41) is 0. The lowest BCUT2D eigenvalue weighted by atomic mass is 9.94. The monoisotopic (exact) mass is 366 g/mol. The van der Waals surface area contributed by atoms with Gasteiger partial charge in [0.15, 0.2) is 0 Å². The van der Waals surface area contributed by atoms with Crippen molar-refractivity contribution in [3.8, 4) is 0 Å². The topological polar surface area (TPSA) is 0 Å². The summed E-state index contributed by atoms with van der Waals surface area (Å²) < 4.78 is 1.17. The fourth-order valence-corrected chi connectivity index (χ4v) is 3.57. The number of aryl methyl sites for hydroxylation is 1. The minimum atomic E-state index is 0.00291. The van der Waals surface area contributed by atoms with E-state index in [-0.39, 0.29) is 4.32 Å². The van der Waals surface area contributed by atoms with Gasteiger partial charge in [-0.3, -0.25) is 0 Å². The average Bonchev–Trinajstić information content (AvgIpc) is 2.38. The molecule has 0 amide bonds. The predicted molar refractivity (Wildman–Crippen MR) is 85.2 cm³/mol. The Bertz CT molecular complexity index is 504. The second-order valence-electron chi connectivity index (χ2n) is 4.66. The van der Waals surface area contributed by atoms with E-state index in [2.05, 4.69) is 87.3 Å². The number of hydrogen-bond donors (Lipinski definition) is 0. The summed E-state index contributed by atoms with van der Waals surface area (Å²) in [6.45, 7) is 2.23. The summed E-state index contributed by atoms with van der Waals surface area (Å²) in [6.07, 6.45) is 2.14. The third kappa shape index (κ3) is 3.46. The molecule has 18 heavy (non-hydrogen) atoms. The zero-order chi connectivity index (χ0) is 13.0. The molecule has 2 aromatic carbocycles. The molecule has 0 saturated heterocycles. The van der Waals surface area contributed by atoms with E-state index in [1.807, 2.05) is 6.07 Å². The second-order valence-corrected chi connectivity index (χ2v) is 7.27. The van der Waals surface area contributed by atoms with Crippen molar-refractivity contribution in [2.45, 2.75) is 24.1 Å². The summed E-state index contributed by atoms with van der Waals surface area (Å²) >= 11 is 7.50. The van der Waals surface area contributed by atoms with Gasteiger partial charge >= 0.3 is 0 Å². The fourth-order valence-electron chi connectivity index (χ4n) is 2.04. The van der Waals surface area contributed by atoms with Crippen molar-refractivity contribution < 1.29 is 0 Å². The molecule has 0 aliphatic heterocycles. The van der Waals surface area contributed by atoms with Crippen LogP contribution >= 0.6 is 31.9 Å². The minimum absolute atomic E-state index is 0.00291. The molecular weight excluding hydrogens is 352 g/mol. The average molecular weight is 368 g/mol. The van der Waals surface area contributed by atoms with Crippen LogP contribution in [0.15, 0.2) is 59.1 Å². The van der Waals surface area contributed by atoms with Crippen molar-refractivity contribution in [2.24, 2.45) is 0 Å². The highest BCUT2D eigenvalue weighted by atomic mass is 79.9. The first-order valence-electron chi connectivity index (χ1n) is 6.07. The van der Waals surface area contributed by atoms with E-state index in [1.165, 1.54) is 11.1 Å². The predicted octanol–water partition coefficient (Wildman–Crippen LogP) is 5.69. The highest BCUT2D eigenvalue weighted by molar-refractivity contribution is 9.11. The van der Waals surface area contributed by atoms with Gasteiger partial charge in [-0.2, -0.15) is 0 Å². The van der Waals surface area contributed by atoms with Crippen molar-refractivity contribution in [2.75, 3.05) is 0 Å². The first-order valence-corrected chi connectivity index (χ1v) is 7.66. The van der Waals surface area contributed by atoms with Gasteiger partial charge in [0.2, 0.25) is 0 Å². The van der Waals surface area contributed by atoms with Gasteiger partial charge in [-0.15, -0.1) is 0 Å². The first kappa shape index (κ1) is 13.8. The Hall–Kier alpha value is -0.600. The van der Waals surface area contributed by atoms with Crippen LogP contribution in [0.2, 0.25) is 0 Å². The molecule has 2 rings (SSSR count). The van der Waals surface area contributed by atoms with Crippen molar-refractivity contribution in [1.29, 1.82) is 0 Å². The highest BCUT2D eigenvalue weighted by Gasteiger charge is 2.24. The Morgan fingerprint density at radius 3 is 2.22 bits per heavy atom. The molecule has 0 saturated carbocycles. The molecule has 0 radical (unpaired) electrons. The number of rotatable bonds is 4. The molecule has 0 aliphatic carbocycles. The van der Waals surface area contributed by atoms with E-state index in [0.717, 1.165) is 17.3 Å². The molecule has 94 valence electrons. The Morgan fingerprint density at radius 2 is 1.56 bits per heavy atom. The lowest BCUT2D eigenvalue weighted by Gasteiger charge is -2.24. The van der Waals surface area contributed by atoms with Gasteiger partial charge in [0.05, 0.1) is 0 Å². The van der Waals surface area contributed by atoms with Crippen LogP contribution in [-0.2, 0) is 10.7 Å². The lowest BCUT2D eigenvalue weighted by Crippen LogP contribution is -2.14. The lowest BCUT2D eigenvalue weighted by molar-refractivity contribution is 0.632. The Morgan fingerprint density at radius 1 is 0.944 bits per heavy atom. The third-order valence-corrected chi connectivity index (χ3v) is 4.68. The molecule has 1 atom stereocenters. The maximum atomic E-state index is 3.87. The summed E-state index contributed by atoms with van der Waals surface area (Å²) in [7, 11) is 0. The second kappa shape index (κ2) is 6.03. The summed E-state index contributed by atoms with van der Waals surface area (Å²) in [5.41, 5.74) is 2.69. The van der Waals surface area contributed by atoms with Crippen LogP contribution in [0.5, 0.6) is 0 Å². The van der Waals surface area contributed by atoms with E-state index in [4.69, 9.17) is 0 Å². The van der Waals surface area contributed by atoms with E-state index in [0.29, 0.717) is 0 Å². The van der Waals surface area contributed by atoms with Crippen LogP contribution in [0, 0.1) is 0 Å². The quantitative estimate of drug-likeness (QED) is 0.608. The SMILES string of the molecule is CC(Br)(CCc1ccccc1)c1ccccc1Br. The van der Waals surface area contributed by atoms with Crippen molar-refractivity contribution in [3.05, 3.63) is 70.2 Å². The van der Waals surface area contributed by atoms with Crippen LogP contribution in [0.25, 0.3) is 0 Å². The fraction of sp³-hybridized carbons (Fsp3) is 0.250. The largest absolute Gasteiger partial charge is 0.0804 e. The maximum Gasteiger partial charge on any atom is 0.0492 e. The molecule has 1 unspecified atom stereocenters. The number of benzene rings is 2. The molecule has 0 bridgehead atoms. The van der Waals surface area contributed by atoms with Crippen molar-refractivity contribution in [3.63, 3.8) is 0 Å². The van der Waals surface area contributed by atoms with Gasteiger partial charge in [-0.25, -0.2) is 0 Å². The zero-order valence-corrected chi connectivity index (χ0v) is 13.5. The first-order chi connectivity index (χ1) is 8.59. The van der Waals surface area contributed by atoms with Crippen LogP contribution in [-0.4, -0.2) is 0 Å². The van der Waals surface area contributed by atoms with E-state index in [1.54, 1.807) is 0 Å².